The number of hydrogen-bond donors (Lipinski definition) is 0. The van der Waals surface area contributed by atoms with Gasteiger partial charge >= 0.3 is 0 Å². The lowest BCUT2D eigenvalue weighted by Crippen LogP contribution is -2.30. The summed E-state index contributed by atoms with van der Waals surface area (Å²) >= 11 is 0. The summed E-state index contributed by atoms with van der Waals surface area (Å²) in [4.78, 5) is 2.44. The second-order valence-corrected chi connectivity index (χ2v) is 4.53. The van der Waals surface area contributed by atoms with E-state index in [1.807, 2.05) is 0 Å². The van der Waals surface area contributed by atoms with Crippen molar-refractivity contribution in [1.82, 2.24) is 4.90 Å². The maximum atomic E-state index is 5.89. The Morgan fingerprint density at radius 2 is 2.08 bits per heavy atom. The van der Waals surface area contributed by atoms with E-state index in [1.165, 1.54) is 13.0 Å². The van der Waals surface area contributed by atoms with Gasteiger partial charge in [0.2, 0.25) is 0 Å². The molecule has 0 aromatic heterocycles. The summed E-state index contributed by atoms with van der Waals surface area (Å²) < 4.78 is 5.89. The molecule has 1 heterocycles. The Kier molecular flexibility index (Phi) is 3.13. The number of likely N-dealkylation sites (N-methyl/N-ethyl adjacent to an activating group) is 1. The van der Waals surface area contributed by atoms with Crippen LogP contribution in [0, 0.1) is 0 Å². The molecule has 1 aliphatic rings. The van der Waals surface area contributed by atoms with Crippen molar-refractivity contribution in [1.29, 1.82) is 0 Å². The zero-order valence-corrected chi connectivity index (χ0v) is 8.76. The molecule has 1 atom stereocenters. The van der Waals surface area contributed by atoms with Gasteiger partial charge in [-0.25, -0.2) is 0 Å². The Hall–Kier alpha value is -0.0800. The maximum Gasteiger partial charge on any atom is 0.0721 e. The summed E-state index contributed by atoms with van der Waals surface area (Å²) in [5.74, 6) is 0. The van der Waals surface area contributed by atoms with E-state index < -0.39 is 0 Å². The molecular formula is C10H21NO. The molecule has 0 amide bonds. The zero-order chi connectivity index (χ0) is 9.19. The molecule has 0 radical (unpaired) electrons. The van der Waals surface area contributed by atoms with Crippen LogP contribution in [0.25, 0.3) is 0 Å². The standard InChI is InChI=1S/C10H21NO/c1-5-11-7-6-9(8-11)12-10(2,3)4/h9H,5-8H2,1-4H3/t9-/m1/s1. The van der Waals surface area contributed by atoms with Crippen molar-refractivity contribution in [3.8, 4) is 0 Å². The second kappa shape index (κ2) is 3.75. The molecule has 1 saturated heterocycles. The smallest absolute Gasteiger partial charge is 0.0721 e. The lowest BCUT2D eigenvalue weighted by atomic mass is 10.2. The van der Waals surface area contributed by atoms with Gasteiger partial charge in [-0.05, 0) is 33.7 Å². The summed E-state index contributed by atoms with van der Waals surface area (Å²) in [7, 11) is 0. The maximum absolute atomic E-state index is 5.89. The topological polar surface area (TPSA) is 12.5 Å². The van der Waals surface area contributed by atoms with E-state index in [-0.39, 0.29) is 5.60 Å². The predicted octanol–water partition coefficient (Wildman–Crippen LogP) is 1.90. The highest BCUT2D eigenvalue weighted by molar-refractivity contribution is 4.77. The molecule has 0 saturated carbocycles. The molecule has 0 spiro atoms. The molecular weight excluding hydrogens is 150 g/mol. The van der Waals surface area contributed by atoms with Crippen LogP contribution in [0.2, 0.25) is 0 Å². The summed E-state index contributed by atoms with van der Waals surface area (Å²) in [5, 5.41) is 0. The first kappa shape index (κ1) is 10.0. The molecule has 2 nitrogen and oxygen atoms in total. The van der Waals surface area contributed by atoms with Gasteiger partial charge in [0.1, 0.15) is 0 Å². The lowest BCUT2D eigenvalue weighted by molar-refractivity contribution is -0.0537. The van der Waals surface area contributed by atoms with E-state index in [4.69, 9.17) is 4.74 Å². The first-order chi connectivity index (χ1) is 5.51. The minimum Gasteiger partial charge on any atom is -0.371 e. The number of likely N-dealkylation sites (tertiary alicyclic amines) is 1. The Balaban J connectivity index is 2.28. The molecule has 0 N–H and O–H groups in total. The lowest BCUT2D eigenvalue weighted by Gasteiger charge is -2.24. The summed E-state index contributed by atoms with van der Waals surface area (Å²) in [5.41, 5.74) is 0.0222. The second-order valence-electron chi connectivity index (χ2n) is 4.53. The van der Waals surface area contributed by atoms with Crippen LogP contribution in [0.5, 0.6) is 0 Å². The van der Waals surface area contributed by atoms with Crippen LogP contribution in [0.1, 0.15) is 34.1 Å². The molecule has 0 aromatic rings. The van der Waals surface area contributed by atoms with Crippen LogP contribution < -0.4 is 0 Å². The predicted molar refractivity (Wildman–Crippen MR) is 51.4 cm³/mol. The molecule has 2 heteroatoms. The summed E-state index contributed by atoms with van der Waals surface area (Å²) in [6.07, 6.45) is 1.66. The van der Waals surface area contributed by atoms with Gasteiger partial charge in [0.15, 0.2) is 0 Å². The third-order valence-electron chi connectivity index (χ3n) is 2.20. The molecule has 0 bridgehead atoms. The number of hydrogen-bond acceptors (Lipinski definition) is 2. The van der Waals surface area contributed by atoms with Crippen molar-refractivity contribution in [2.45, 2.75) is 45.8 Å². The van der Waals surface area contributed by atoms with Gasteiger partial charge in [-0.15, -0.1) is 0 Å². The largest absolute Gasteiger partial charge is 0.371 e. The van der Waals surface area contributed by atoms with Crippen molar-refractivity contribution >= 4 is 0 Å². The third-order valence-corrected chi connectivity index (χ3v) is 2.20. The van der Waals surface area contributed by atoms with E-state index in [0.29, 0.717) is 6.10 Å². The van der Waals surface area contributed by atoms with Gasteiger partial charge in [-0.2, -0.15) is 0 Å². The number of rotatable bonds is 2. The van der Waals surface area contributed by atoms with Crippen LogP contribution >= 0.6 is 0 Å². The minimum atomic E-state index is 0.0222. The molecule has 0 unspecified atom stereocenters. The number of ether oxygens (including phenoxy) is 1. The fourth-order valence-corrected chi connectivity index (χ4v) is 1.68. The average Bonchev–Trinajstić information content (AvgIpc) is 2.32. The van der Waals surface area contributed by atoms with Crippen LogP contribution in [0.4, 0.5) is 0 Å². The van der Waals surface area contributed by atoms with Gasteiger partial charge in [0, 0.05) is 13.1 Å². The molecule has 0 aromatic carbocycles. The van der Waals surface area contributed by atoms with Crippen LogP contribution in [-0.2, 0) is 4.74 Å². The van der Waals surface area contributed by atoms with E-state index in [2.05, 4.69) is 32.6 Å². The van der Waals surface area contributed by atoms with Crippen molar-refractivity contribution in [3.05, 3.63) is 0 Å². The van der Waals surface area contributed by atoms with Crippen LogP contribution in [-0.4, -0.2) is 36.2 Å². The van der Waals surface area contributed by atoms with Crippen molar-refractivity contribution < 1.29 is 4.74 Å². The van der Waals surface area contributed by atoms with E-state index >= 15 is 0 Å². The Morgan fingerprint density at radius 3 is 2.50 bits per heavy atom. The summed E-state index contributed by atoms with van der Waals surface area (Å²) in [6.45, 7) is 12.1. The van der Waals surface area contributed by atoms with E-state index in [9.17, 15) is 0 Å². The molecule has 1 fully saturated rings. The van der Waals surface area contributed by atoms with Gasteiger partial charge in [0.05, 0.1) is 11.7 Å². The van der Waals surface area contributed by atoms with Gasteiger partial charge in [-0.3, -0.25) is 0 Å². The van der Waals surface area contributed by atoms with Gasteiger partial charge in [-0.1, -0.05) is 6.92 Å². The highest BCUT2D eigenvalue weighted by Crippen LogP contribution is 2.18. The van der Waals surface area contributed by atoms with Crippen molar-refractivity contribution in [2.24, 2.45) is 0 Å². The van der Waals surface area contributed by atoms with Crippen LogP contribution in [0.3, 0.4) is 0 Å². The quantitative estimate of drug-likeness (QED) is 0.629. The molecule has 1 rings (SSSR count). The number of nitrogens with zero attached hydrogens (tertiary/aromatic N) is 1. The Labute approximate surface area is 75.9 Å². The van der Waals surface area contributed by atoms with Crippen molar-refractivity contribution in [3.63, 3.8) is 0 Å². The molecule has 1 aliphatic heterocycles. The Bertz CT molecular complexity index is 139. The van der Waals surface area contributed by atoms with Crippen molar-refractivity contribution in [2.75, 3.05) is 19.6 Å². The normalized spacial score (nSPS) is 26.5. The molecule has 0 aliphatic carbocycles. The molecule has 72 valence electrons. The first-order valence-corrected chi connectivity index (χ1v) is 4.91. The highest BCUT2D eigenvalue weighted by Gasteiger charge is 2.25. The zero-order valence-electron chi connectivity index (χ0n) is 8.76. The van der Waals surface area contributed by atoms with Gasteiger partial charge < -0.3 is 9.64 Å². The van der Waals surface area contributed by atoms with E-state index in [1.54, 1.807) is 0 Å². The average molecular weight is 171 g/mol. The molecule has 12 heavy (non-hydrogen) atoms. The SMILES string of the molecule is CCN1CC[C@@H](OC(C)(C)C)C1. The monoisotopic (exact) mass is 171 g/mol. The summed E-state index contributed by atoms with van der Waals surface area (Å²) in [6, 6.07) is 0. The van der Waals surface area contributed by atoms with E-state index in [0.717, 1.165) is 13.1 Å². The highest BCUT2D eigenvalue weighted by atomic mass is 16.5. The minimum absolute atomic E-state index is 0.0222. The Morgan fingerprint density at radius 1 is 1.42 bits per heavy atom. The van der Waals surface area contributed by atoms with Crippen LogP contribution in [0.15, 0.2) is 0 Å². The third kappa shape index (κ3) is 3.11. The fraction of sp³-hybridized carbons (Fsp3) is 1.00. The fourth-order valence-electron chi connectivity index (χ4n) is 1.68. The first-order valence-electron chi connectivity index (χ1n) is 4.91. The van der Waals surface area contributed by atoms with Gasteiger partial charge in [0.25, 0.3) is 0 Å².